The molecule has 1 N–H and O–H groups in total. The van der Waals surface area contributed by atoms with Gasteiger partial charge in [-0.1, -0.05) is 19.9 Å². The molecule has 8 heteroatoms. The number of anilines is 1. The summed E-state index contributed by atoms with van der Waals surface area (Å²) in [7, 11) is 1.58. The van der Waals surface area contributed by atoms with Crippen LogP contribution in [0.2, 0.25) is 0 Å². The van der Waals surface area contributed by atoms with Crippen LogP contribution in [0.3, 0.4) is 0 Å². The molecule has 1 unspecified atom stereocenters. The highest BCUT2D eigenvalue weighted by Crippen LogP contribution is 2.43. The van der Waals surface area contributed by atoms with E-state index in [1.165, 1.54) is 11.0 Å². The number of amides is 1. The maximum absolute atomic E-state index is 13.6. The zero-order valence-corrected chi connectivity index (χ0v) is 22.9. The number of hydrogen-bond donors (Lipinski definition) is 1. The van der Waals surface area contributed by atoms with E-state index in [0.29, 0.717) is 28.1 Å². The molecule has 0 spiro atoms. The number of aromatic nitrogens is 1. The Balaban J connectivity index is 1.93. The maximum atomic E-state index is 13.6. The predicted octanol–water partition coefficient (Wildman–Crippen LogP) is 5.71. The first-order chi connectivity index (χ1) is 18.5. The Hall–Kier alpha value is -4.46. The van der Waals surface area contributed by atoms with Crippen LogP contribution >= 0.6 is 0 Å². The number of aliphatic hydroxyl groups is 1. The number of ketones is 1. The van der Waals surface area contributed by atoms with Crippen LogP contribution in [0, 0.1) is 6.92 Å². The van der Waals surface area contributed by atoms with Gasteiger partial charge in [0.25, 0.3) is 11.7 Å². The molecule has 0 radical (unpaired) electrons. The summed E-state index contributed by atoms with van der Waals surface area (Å²) in [5.74, 6) is -1.71. The molecule has 1 atom stereocenters. The van der Waals surface area contributed by atoms with Crippen LogP contribution in [0.25, 0.3) is 5.76 Å². The lowest BCUT2D eigenvalue weighted by atomic mass is 9.91. The summed E-state index contributed by atoms with van der Waals surface area (Å²) in [4.78, 5) is 45.1. The number of rotatable bonds is 7. The average molecular weight is 529 g/mol. The van der Waals surface area contributed by atoms with Gasteiger partial charge in [-0.25, -0.2) is 4.79 Å². The van der Waals surface area contributed by atoms with E-state index in [9.17, 15) is 19.5 Å². The van der Waals surface area contributed by atoms with Gasteiger partial charge in [-0.15, -0.1) is 0 Å². The van der Waals surface area contributed by atoms with Crippen molar-refractivity contribution in [3.63, 3.8) is 0 Å². The summed E-state index contributed by atoms with van der Waals surface area (Å²) in [5, 5.41) is 11.6. The molecule has 1 fully saturated rings. The Kier molecular flexibility index (Phi) is 7.85. The number of ether oxygens (including phenoxy) is 2. The summed E-state index contributed by atoms with van der Waals surface area (Å²) in [6.45, 7) is 9.31. The van der Waals surface area contributed by atoms with Crippen LogP contribution in [0.5, 0.6) is 5.75 Å². The molecule has 1 aromatic heterocycles. The summed E-state index contributed by atoms with van der Waals surface area (Å²) in [6.07, 6.45) is 2.79. The Morgan fingerprint density at radius 3 is 2.33 bits per heavy atom. The number of carbonyl (C=O) groups excluding carboxylic acids is 3. The van der Waals surface area contributed by atoms with E-state index in [0.717, 1.165) is 5.56 Å². The molecule has 8 nitrogen and oxygen atoms in total. The molecule has 3 aromatic rings. The molecule has 39 heavy (non-hydrogen) atoms. The second kappa shape index (κ2) is 11.1. The molecule has 4 rings (SSSR count). The van der Waals surface area contributed by atoms with Crippen molar-refractivity contribution in [3.8, 4) is 5.75 Å². The van der Waals surface area contributed by atoms with Crippen LogP contribution in [0.4, 0.5) is 5.69 Å². The minimum absolute atomic E-state index is 0.0515. The largest absolute Gasteiger partial charge is 0.507 e. The van der Waals surface area contributed by atoms with Crippen molar-refractivity contribution in [2.24, 2.45) is 0 Å². The molecular formula is C31H32N2O6. The van der Waals surface area contributed by atoms with E-state index in [1.54, 1.807) is 69.7 Å². The molecule has 1 aliphatic heterocycles. The number of esters is 1. The molecule has 1 amide bonds. The number of aliphatic hydroxyl groups excluding tert-OH is 1. The molecule has 0 aliphatic carbocycles. The monoisotopic (exact) mass is 528 g/mol. The van der Waals surface area contributed by atoms with E-state index in [-0.39, 0.29) is 28.9 Å². The predicted molar refractivity (Wildman–Crippen MR) is 148 cm³/mol. The van der Waals surface area contributed by atoms with E-state index < -0.39 is 23.7 Å². The number of carbonyl (C=O) groups is 3. The highest BCUT2D eigenvalue weighted by Gasteiger charge is 2.47. The third-order valence-electron chi connectivity index (χ3n) is 6.62. The fourth-order valence-corrected chi connectivity index (χ4v) is 4.75. The summed E-state index contributed by atoms with van der Waals surface area (Å²) in [6, 6.07) is 12.4. The fraction of sp³-hybridized carbons (Fsp3) is 0.290. The molecular weight excluding hydrogens is 496 g/mol. The van der Waals surface area contributed by atoms with Gasteiger partial charge in [-0.2, -0.15) is 0 Å². The molecule has 202 valence electrons. The zero-order chi connectivity index (χ0) is 28.4. The Bertz CT molecular complexity index is 1460. The van der Waals surface area contributed by atoms with Crippen LogP contribution < -0.4 is 9.64 Å². The lowest BCUT2D eigenvalue weighted by molar-refractivity contribution is -0.132. The standard InChI is InChI=1S/C31H32N2O6/c1-17(2)23-16-24(19(5)14-25(23)38-6)28(34)26-27(20-10-12-32-13-11-20)33(30(36)29(26)35)22-9-7-8-21(15-22)31(37)39-18(3)4/h7-18,27,34H,1-6H3/b28-26+. The van der Waals surface area contributed by atoms with Crippen LogP contribution in [-0.2, 0) is 14.3 Å². The second-order valence-corrected chi connectivity index (χ2v) is 10.0. The highest BCUT2D eigenvalue weighted by atomic mass is 16.5. The molecule has 0 saturated carbocycles. The van der Waals surface area contributed by atoms with Gasteiger partial charge in [0.15, 0.2) is 0 Å². The van der Waals surface area contributed by atoms with E-state index in [1.807, 2.05) is 26.8 Å². The lowest BCUT2D eigenvalue weighted by Gasteiger charge is -2.26. The molecule has 1 saturated heterocycles. The molecule has 2 heterocycles. The van der Waals surface area contributed by atoms with Crippen LogP contribution in [0.1, 0.15) is 72.3 Å². The maximum Gasteiger partial charge on any atom is 0.338 e. The van der Waals surface area contributed by atoms with Gasteiger partial charge in [0.1, 0.15) is 11.5 Å². The SMILES string of the molecule is COc1cc(C)c(/C(O)=C2\C(=O)C(=O)N(c3cccc(C(=O)OC(C)C)c3)C2c2ccncc2)cc1C(C)C. The summed E-state index contributed by atoms with van der Waals surface area (Å²) >= 11 is 0. The average Bonchev–Trinajstić information content (AvgIpc) is 3.18. The van der Waals surface area contributed by atoms with Crippen LogP contribution in [0.15, 0.2) is 66.5 Å². The van der Waals surface area contributed by atoms with Crippen molar-refractivity contribution in [2.75, 3.05) is 12.0 Å². The van der Waals surface area contributed by atoms with Gasteiger partial charge in [0, 0.05) is 23.6 Å². The summed E-state index contributed by atoms with van der Waals surface area (Å²) in [5.41, 5.74) is 3.07. The van der Waals surface area contributed by atoms with E-state index in [2.05, 4.69) is 4.98 Å². The number of nitrogens with zero attached hydrogens (tertiary/aromatic N) is 2. The number of pyridine rings is 1. The van der Waals surface area contributed by atoms with Gasteiger partial charge in [0.05, 0.1) is 30.4 Å². The normalized spacial score (nSPS) is 16.7. The molecule has 1 aliphatic rings. The lowest BCUT2D eigenvalue weighted by Crippen LogP contribution is -2.29. The Morgan fingerprint density at radius 2 is 1.72 bits per heavy atom. The number of Topliss-reactive ketones (excluding diaryl/α,β-unsaturated/α-hetero) is 1. The fourth-order valence-electron chi connectivity index (χ4n) is 4.75. The van der Waals surface area contributed by atoms with Gasteiger partial charge in [0.2, 0.25) is 0 Å². The van der Waals surface area contributed by atoms with Gasteiger partial charge in [-0.05, 0) is 85.8 Å². The third kappa shape index (κ3) is 5.27. The van der Waals surface area contributed by atoms with Crippen molar-refractivity contribution in [3.05, 3.63) is 94.3 Å². The first kappa shape index (κ1) is 27.6. The summed E-state index contributed by atoms with van der Waals surface area (Å²) < 4.78 is 10.8. The first-order valence-corrected chi connectivity index (χ1v) is 12.8. The number of hydrogen-bond acceptors (Lipinski definition) is 7. The van der Waals surface area contributed by atoms with Crippen molar-refractivity contribution in [1.29, 1.82) is 0 Å². The van der Waals surface area contributed by atoms with Crippen LogP contribution in [-0.4, -0.2) is 41.0 Å². The minimum atomic E-state index is -0.951. The second-order valence-electron chi connectivity index (χ2n) is 10.0. The van der Waals surface area contributed by atoms with Gasteiger partial charge in [-0.3, -0.25) is 19.5 Å². The van der Waals surface area contributed by atoms with Crippen molar-refractivity contribution in [1.82, 2.24) is 4.98 Å². The topological polar surface area (TPSA) is 106 Å². The molecule has 0 bridgehead atoms. The zero-order valence-electron chi connectivity index (χ0n) is 22.9. The van der Waals surface area contributed by atoms with Crippen molar-refractivity contribution >= 4 is 29.1 Å². The van der Waals surface area contributed by atoms with E-state index in [4.69, 9.17) is 9.47 Å². The minimum Gasteiger partial charge on any atom is -0.507 e. The van der Waals surface area contributed by atoms with E-state index >= 15 is 0 Å². The number of methoxy groups -OCH3 is 1. The first-order valence-electron chi connectivity index (χ1n) is 12.8. The molecule has 2 aromatic carbocycles. The van der Waals surface area contributed by atoms with Gasteiger partial charge >= 0.3 is 5.97 Å². The smallest absolute Gasteiger partial charge is 0.338 e. The Morgan fingerprint density at radius 1 is 1.03 bits per heavy atom. The highest BCUT2D eigenvalue weighted by molar-refractivity contribution is 6.51. The number of aryl methyl sites for hydroxylation is 1. The Labute approximate surface area is 227 Å². The quantitative estimate of drug-likeness (QED) is 0.181. The van der Waals surface area contributed by atoms with Crippen molar-refractivity contribution < 1.29 is 29.0 Å². The number of benzene rings is 2. The van der Waals surface area contributed by atoms with Crippen molar-refractivity contribution in [2.45, 2.75) is 52.7 Å². The third-order valence-corrected chi connectivity index (χ3v) is 6.62. The van der Waals surface area contributed by atoms with Gasteiger partial charge < -0.3 is 14.6 Å².